The number of para-hydroxylation sites is 2. The molecule has 1 aliphatic heterocycles. The van der Waals surface area contributed by atoms with E-state index in [2.05, 4.69) is 4.98 Å². The van der Waals surface area contributed by atoms with E-state index in [0.29, 0.717) is 11.1 Å². The van der Waals surface area contributed by atoms with E-state index >= 15 is 0 Å². The average Bonchev–Trinajstić information content (AvgIpc) is 2.94. The van der Waals surface area contributed by atoms with Crippen LogP contribution in [0.1, 0.15) is 33.6 Å². The lowest BCUT2D eigenvalue weighted by atomic mass is 10.0. The van der Waals surface area contributed by atoms with Crippen LogP contribution in [0.15, 0.2) is 33.9 Å². The molecule has 5 nitrogen and oxygen atoms in total. The van der Waals surface area contributed by atoms with Gasteiger partial charge in [-0.15, -0.1) is 0 Å². The second kappa shape index (κ2) is 7.05. The monoisotopic (exact) mass is 348 g/mol. The van der Waals surface area contributed by atoms with Gasteiger partial charge in [0.15, 0.2) is 5.58 Å². The molecule has 0 bridgehead atoms. The van der Waals surface area contributed by atoms with Crippen molar-refractivity contribution >= 4 is 29.0 Å². The molecule has 0 spiro atoms. The van der Waals surface area contributed by atoms with E-state index in [1.54, 1.807) is 11.8 Å². The molecular weight excluding hydrogens is 324 g/mol. The maximum absolute atomic E-state index is 12.2. The quantitative estimate of drug-likeness (QED) is 0.761. The van der Waals surface area contributed by atoms with Gasteiger partial charge in [0.2, 0.25) is 0 Å². The maximum Gasteiger partial charge on any atom is 0.410 e. The minimum absolute atomic E-state index is 0.209. The number of thioether (sulfide) groups is 1. The number of fused-ring (bicyclic) bond motifs is 1. The van der Waals surface area contributed by atoms with Crippen molar-refractivity contribution in [3.8, 4) is 0 Å². The summed E-state index contributed by atoms with van der Waals surface area (Å²) in [5.41, 5.74) is 1.26. The summed E-state index contributed by atoms with van der Waals surface area (Å²) in [6, 6.07) is 7.78. The number of piperidine rings is 1. The van der Waals surface area contributed by atoms with Crippen LogP contribution in [0, 0.1) is 5.92 Å². The molecule has 3 rings (SSSR count). The van der Waals surface area contributed by atoms with E-state index in [0.717, 1.165) is 42.8 Å². The molecule has 1 amide bonds. The van der Waals surface area contributed by atoms with Gasteiger partial charge in [0.25, 0.3) is 5.22 Å². The Bertz CT molecular complexity index is 675. The smallest absolute Gasteiger partial charge is 0.410 e. The minimum atomic E-state index is -0.447. The molecule has 1 atom stereocenters. The molecule has 2 aromatic rings. The fraction of sp³-hybridized carbons (Fsp3) is 0.556. The fourth-order valence-corrected chi connectivity index (χ4v) is 3.76. The zero-order valence-electron chi connectivity index (χ0n) is 14.4. The highest BCUT2D eigenvalue weighted by atomic mass is 32.2. The molecule has 1 fully saturated rings. The number of nitrogens with zero attached hydrogens (tertiary/aromatic N) is 2. The SMILES string of the molecule is CC(C)(C)OC(=O)N1CCCC(CSc2nc3ccccc3o2)C1. The van der Waals surface area contributed by atoms with Gasteiger partial charge in [-0.05, 0) is 51.7 Å². The standard InChI is InChI=1S/C18H24N2O3S/c1-18(2,3)23-17(21)20-10-6-7-13(11-20)12-24-16-19-14-8-4-5-9-15(14)22-16/h4-5,8-9,13H,6-7,10-12H2,1-3H3. The lowest BCUT2D eigenvalue weighted by Gasteiger charge is -2.33. The van der Waals surface area contributed by atoms with Gasteiger partial charge >= 0.3 is 6.09 Å². The van der Waals surface area contributed by atoms with Gasteiger partial charge < -0.3 is 14.1 Å². The van der Waals surface area contributed by atoms with Crippen LogP contribution in [0.25, 0.3) is 11.1 Å². The number of carbonyl (C=O) groups excluding carboxylic acids is 1. The lowest BCUT2D eigenvalue weighted by molar-refractivity contribution is 0.0177. The number of oxazole rings is 1. The second-order valence-corrected chi connectivity index (χ2v) is 8.16. The van der Waals surface area contributed by atoms with Crippen LogP contribution >= 0.6 is 11.8 Å². The normalized spacial score (nSPS) is 18.8. The molecule has 0 saturated carbocycles. The van der Waals surface area contributed by atoms with Crippen LogP contribution in [0.5, 0.6) is 0 Å². The first-order valence-corrected chi connectivity index (χ1v) is 9.35. The van der Waals surface area contributed by atoms with E-state index in [1.165, 1.54) is 0 Å². The van der Waals surface area contributed by atoms with Crippen molar-refractivity contribution in [1.29, 1.82) is 0 Å². The molecular formula is C18H24N2O3S. The highest BCUT2D eigenvalue weighted by molar-refractivity contribution is 7.99. The largest absolute Gasteiger partial charge is 0.444 e. The van der Waals surface area contributed by atoms with E-state index in [4.69, 9.17) is 9.15 Å². The Balaban J connectivity index is 1.54. The van der Waals surface area contributed by atoms with Crippen LogP contribution in [-0.4, -0.2) is 40.4 Å². The van der Waals surface area contributed by atoms with Gasteiger partial charge in [-0.2, -0.15) is 0 Å². The molecule has 130 valence electrons. The summed E-state index contributed by atoms with van der Waals surface area (Å²) in [6.07, 6.45) is 1.92. The summed E-state index contributed by atoms with van der Waals surface area (Å²) < 4.78 is 11.2. The molecule has 6 heteroatoms. The topological polar surface area (TPSA) is 55.6 Å². The van der Waals surface area contributed by atoms with E-state index in [1.807, 2.05) is 49.9 Å². The molecule has 1 aromatic heterocycles. The number of benzene rings is 1. The molecule has 1 unspecified atom stereocenters. The van der Waals surface area contributed by atoms with Crippen LogP contribution in [0.2, 0.25) is 0 Å². The summed E-state index contributed by atoms with van der Waals surface area (Å²) in [5, 5.41) is 0.700. The predicted octanol–water partition coefficient (Wildman–Crippen LogP) is 4.57. The highest BCUT2D eigenvalue weighted by Gasteiger charge is 2.27. The molecule has 0 aliphatic carbocycles. The van der Waals surface area contributed by atoms with E-state index < -0.39 is 5.60 Å². The summed E-state index contributed by atoms with van der Waals surface area (Å²) in [5.74, 6) is 1.33. The number of hydrogen-bond acceptors (Lipinski definition) is 5. The third kappa shape index (κ3) is 4.44. The van der Waals surface area contributed by atoms with Crippen molar-refractivity contribution in [2.75, 3.05) is 18.8 Å². The van der Waals surface area contributed by atoms with Crippen molar-refractivity contribution in [3.05, 3.63) is 24.3 Å². The number of hydrogen-bond donors (Lipinski definition) is 0. The molecule has 2 heterocycles. The van der Waals surface area contributed by atoms with Crippen molar-refractivity contribution in [2.24, 2.45) is 5.92 Å². The number of rotatable bonds is 3. The van der Waals surface area contributed by atoms with Crippen molar-refractivity contribution < 1.29 is 13.9 Å². The number of carbonyl (C=O) groups is 1. The zero-order valence-corrected chi connectivity index (χ0v) is 15.3. The minimum Gasteiger partial charge on any atom is -0.444 e. The Morgan fingerprint density at radius 2 is 2.21 bits per heavy atom. The Labute approximate surface area is 146 Å². The van der Waals surface area contributed by atoms with Crippen LogP contribution in [0.3, 0.4) is 0 Å². The van der Waals surface area contributed by atoms with Crippen molar-refractivity contribution in [1.82, 2.24) is 9.88 Å². The summed E-state index contributed by atoms with van der Waals surface area (Å²) in [4.78, 5) is 18.5. The zero-order chi connectivity index (χ0) is 17.2. The average molecular weight is 348 g/mol. The van der Waals surface area contributed by atoms with Gasteiger partial charge in [0, 0.05) is 18.8 Å². The van der Waals surface area contributed by atoms with Gasteiger partial charge in [0.1, 0.15) is 11.1 Å². The maximum atomic E-state index is 12.2. The predicted molar refractivity (Wildman–Crippen MR) is 95.3 cm³/mol. The summed E-state index contributed by atoms with van der Waals surface area (Å²) in [6.45, 7) is 7.21. The third-order valence-corrected chi connectivity index (χ3v) is 4.95. The molecule has 1 aromatic carbocycles. The van der Waals surface area contributed by atoms with Gasteiger partial charge in [-0.3, -0.25) is 0 Å². The first kappa shape index (κ1) is 17.1. The number of amides is 1. The molecule has 24 heavy (non-hydrogen) atoms. The van der Waals surface area contributed by atoms with Gasteiger partial charge in [0.05, 0.1) is 0 Å². The van der Waals surface area contributed by atoms with Crippen molar-refractivity contribution in [2.45, 2.75) is 44.4 Å². The van der Waals surface area contributed by atoms with Gasteiger partial charge in [-0.1, -0.05) is 23.9 Å². The van der Waals surface area contributed by atoms with Crippen LogP contribution in [-0.2, 0) is 4.74 Å². The first-order valence-electron chi connectivity index (χ1n) is 8.37. The van der Waals surface area contributed by atoms with E-state index in [9.17, 15) is 4.79 Å². The Morgan fingerprint density at radius 1 is 1.42 bits per heavy atom. The molecule has 1 saturated heterocycles. The third-order valence-electron chi connectivity index (χ3n) is 3.89. The van der Waals surface area contributed by atoms with Gasteiger partial charge in [-0.25, -0.2) is 9.78 Å². The van der Waals surface area contributed by atoms with Crippen LogP contribution < -0.4 is 0 Å². The lowest BCUT2D eigenvalue weighted by Crippen LogP contribution is -2.43. The van der Waals surface area contributed by atoms with Crippen LogP contribution in [0.4, 0.5) is 4.79 Å². The second-order valence-electron chi connectivity index (χ2n) is 7.19. The molecule has 0 N–H and O–H groups in total. The number of likely N-dealkylation sites (tertiary alicyclic amines) is 1. The number of ether oxygens (including phenoxy) is 1. The van der Waals surface area contributed by atoms with E-state index in [-0.39, 0.29) is 6.09 Å². The first-order chi connectivity index (χ1) is 11.4. The number of aromatic nitrogens is 1. The summed E-state index contributed by atoms with van der Waals surface area (Å²) in [7, 11) is 0. The molecule has 0 radical (unpaired) electrons. The molecule has 1 aliphatic rings. The Kier molecular flexibility index (Phi) is 5.04. The Morgan fingerprint density at radius 3 is 2.96 bits per heavy atom. The van der Waals surface area contributed by atoms with Crippen molar-refractivity contribution in [3.63, 3.8) is 0 Å². The fourth-order valence-electron chi connectivity index (χ4n) is 2.80. The Hall–Kier alpha value is -1.69. The highest BCUT2D eigenvalue weighted by Crippen LogP contribution is 2.28. The summed E-state index contributed by atoms with van der Waals surface area (Å²) >= 11 is 1.62.